The molecule has 1 atom stereocenters. The van der Waals surface area contributed by atoms with E-state index in [1.807, 2.05) is 13.8 Å². The third-order valence-electron chi connectivity index (χ3n) is 3.02. The molecule has 0 aliphatic carbocycles. The Morgan fingerprint density at radius 1 is 1.38 bits per heavy atom. The lowest BCUT2D eigenvalue weighted by molar-refractivity contribution is -0.122. The Kier molecular flexibility index (Phi) is 6.99. The molecule has 0 saturated carbocycles. The van der Waals surface area contributed by atoms with E-state index >= 15 is 0 Å². The number of aliphatic hydroxyl groups is 1. The van der Waals surface area contributed by atoms with Crippen LogP contribution < -0.4 is 10.1 Å². The summed E-state index contributed by atoms with van der Waals surface area (Å²) in [6, 6.07) is 7.03. The fraction of sp³-hybridized carbons (Fsp3) is 0.562. The van der Waals surface area contributed by atoms with E-state index in [1.54, 1.807) is 31.2 Å². The SMILES string of the molecule is CC(O)CC(C)(C)CNC(=O)CCOc1ccc(Cl)cc1. The number of rotatable bonds is 8. The van der Waals surface area contributed by atoms with Crippen LogP contribution in [0.1, 0.15) is 33.6 Å². The molecular weight excluding hydrogens is 290 g/mol. The molecule has 0 aromatic heterocycles. The van der Waals surface area contributed by atoms with Crippen LogP contribution in [0.25, 0.3) is 0 Å². The summed E-state index contributed by atoms with van der Waals surface area (Å²) >= 11 is 5.78. The first kappa shape index (κ1) is 17.8. The predicted molar refractivity (Wildman–Crippen MR) is 84.7 cm³/mol. The summed E-state index contributed by atoms with van der Waals surface area (Å²) in [5.41, 5.74) is -0.124. The maximum Gasteiger partial charge on any atom is 0.223 e. The van der Waals surface area contributed by atoms with E-state index in [-0.39, 0.29) is 17.4 Å². The second-order valence-electron chi connectivity index (χ2n) is 6.05. The zero-order valence-corrected chi connectivity index (χ0v) is 13.6. The minimum absolute atomic E-state index is 0.0531. The summed E-state index contributed by atoms with van der Waals surface area (Å²) in [4.78, 5) is 11.7. The van der Waals surface area contributed by atoms with E-state index < -0.39 is 0 Å². The minimum atomic E-state index is -0.370. The molecule has 0 spiro atoms. The lowest BCUT2D eigenvalue weighted by Crippen LogP contribution is -2.36. The molecule has 1 unspecified atom stereocenters. The van der Waals surface area contributed by atoms with Crippen molar-refractivity contribution in [1.29, 1.82) is 0 Å². The maximum absolute atomic E-state index is 11.7. The fourth-order valence-corrected chi connectivity index (χ4v) is 2.22. The molecule has 1 aromatic rings. The molecule has 1 aromatic carbocycles. The molecule has 21 heavy (non-hydrogen) atoms. The van der Waals surface area contributed by atoms with E-state index in [9.17, 15) is 9.90 Å². The van der Waals surface area contributed by atoms with Crippen molar-refractivity contribution in [2.24, 2.45) is 5.41 Å². The van der Waals surface area contributed by atoms with Crippen LogP contribution in [0, 0.1) is 5.41 Å². The Balaban J connectivity index is 2.23. The van der Waals surface area contributed by atoms with Crippen LogP contribution in [0.3, 0.4) is 0 Å². The van der Waals surface area contributed by atoms with Gasteiger partial charge in [0.2, 0.25) is 5.91 Å². The van der Waals surface area contributed by atoms with Crippen molar-refractivity contribution in [2.45, 2.75) is 39.7 Å². The quantitative estimate of drug-likeness (QED) is 0.775. The average molecular weight is 314 g/mol. The van der Waals surface area contributed by atoms with Gasteiger partial charge in [-0.25, -0.2) is 0 Å². The van der Waals surface area contributed by atoms with Gasteiger partial charge in [-0.2, -0.15) is 0 Å². The van der Waals surface area contributed by atoms with E-state index in [0.717, 1.165) is 0 Å². The highest BCUT2D eigenvalue weighted by atomic mass is 35.5. The molecule has 0 radical (unpaired) electrons. The largest absolute Gasteiger partial charge is 0.493 e. The van der Waals surface area contributed by atoms with Crippen LogP contribution in [0.2, 0.25) is 5.02 Å². The molecule has 0 heterocycles. The van der Waals surface area contributed by atoms with Gasteiger partial charge in [0.05, 0.1) is 19.1 Å². The van der Waals surface area contributed by atoms with Gasteiger partial charge in [-0.05, 0) is 43.0 Å². The summed E-state index contributed by atoms with van der Waals surface area (Å²) in [7, 11) is 0. The monoisotopic (exact) mass is 313 g/mol. The van der Waals surface area contributed by atoms with Crippen LogP contribution in [0.4, 0.5) is 0 Å². The molecule has 118 valence electrons. The number of benzene rings is 1. The van der Waals surface area contributed by atoms with Crippen molar-refractivity contribution in [3.05, 3.63) is 29.3 Å². The van der Waals surface area contributed by atoms with E-state index in [2.05, 4.69) is 5.32 Å². The zero-order valence-electron chi connectivity index (χ0n) is 12.9. The normalized spacial score (nSPS) is 12.8. The van der Waals surface area contributed by atoms with Gasteiger partial charge in [-0.1, -0.05) is 25.4 Å². The Morgan fingerprint density at radius 2 is 2.00 bits per heavy atom. The molecule has 1 amide bonds. The highest BCUT2D eigenvalue weighted by Gasteiger charge is 2.20. The number of aliphatic hydroxyl groups excluding tert-OH is 1. The molecule has 0 bridgehead atoms. The third-order valence-corrected chi connectivity index (χ3v) is 3.28. The summed E-state index contributed by atoms with van der Waals surface area (Å²) in [6.07, 6.45) is 0.576. The summed E-state index contributed by atoms with van der Waals surface area (Å²) in [5, 5.41) is 12.9. The van der Waals surface area contributed by atoms with Crippen molar-refractivity contribution in [2.75, 3.05) is 13.2 Å². The van der Waals surface area contributed by atoms with Crippen LogP contribution in [-0.4, -0.2) is 30.3 Å². The number of amides is 1. The molecular formula is C16H24ClNO3. The second kappa shape index (κ2) is 8.25. The van der Waals surface area contributed by atoms with Gasteiger partial charge < -0.3 is 15.2 Å². The molecule has 1 rings (SSSR count). The molecule has 0 aliphatic rings. The number of nitrogens with one attached hydrogen (secondary N) is 1. The zero-order chi connectivity index (χ0) is 15.9. The van der Waals surface area contributed by atoms with Gasteiger partial charge in [0.15, 0.2) is 0 Å². The third kappa shape index (κ3) is 7.93. The van der Waals surface area contributed by atoms with Gasteiger partial charge >= 0.3 is 0 Å². The average Bonchev–Trinajstić information content (AvgIpc) is 2.37. The first-order valence-corrected chi connectivity index (χ1v) is 7.49. The highest BCUT2D eigenvalue weighted by Crippen LogP contribution is 2.21. The molecule has 4 nitrogen and oxygen atoms in total. The van der Waals surface area contributed by atoms with Crippen molar-refractivity contribution in [3.63, 3.8) is 0 Å². The first-order valence-electron chi connectivity index (χ1n) is 7.12. The number of carbonyl (C=O) groups excluding carboxylic acids is 1. The number of hydrogen-bond donors (Lipinski definition) is 2. The fourth-order valence-electron chi connectivity index (χ4n) is 2.09. The number of carbonyl (C=O) groups is 1. The second-order valence-corrected chi connectivity index (χ2v) is 6.48. The highest BCUT2D eigenvalue weighted by molar-refractivity contribution is 6.30. The first-order chi connectivity index (χ1) is 9.78. The van der Waals surface area contributed by atoms with Gasteiger partial charge in [-0.15, -0.1) is 0 Å². The van der Waals surface area contributed by atoms with E-state index in [4.69, 9.17) is 16.3 Å². The van der Waals surface area contributed by atoms with Gasteiger partial charge in [-0.3, -0.25) is 4.79 Å². The standard InChI is InChI=1S/C16H24ClNO3/c1-12(19)10-16(2,3)11-18-15(20)8-9-21-14-6-4-13(17)5-7-14/h4-7,12,19H,8-11H2,1-3H3,(H,18,20). The van der Waals surface area contributed by atoms with Gasteiger partial charge in [0, 0.05) is 11.6 Å². The summed E-state index contributed by atoms with van der Waals surface area (Å²) in [6.45, 7) is 6.65. The summed E-state index contributed by atoms with van der Waals surface area (Å²) < 4.78 is 5.47. The van der Waals surface area contributed by atoms with Crippen LogP contribution in [0.5, 0.6) is 5.75 Å². The lowest BCUT2D eigenvalue weighted by atomic mass is 9.87. The maximum atomic E-state index is 11.7. The van der Waals surface area contributed by atoms with Crippen molar-refractivity contribution in [1.82, 2.24) is 5.32 Å². The van der Waals surface area contributed by atoms with E-state index in [0.29, 0.717) is 36.8 Å². The molecule has 5 heteroatoms. The van der Waals surface area contributed by atoms with Gasteiger partial charge in [0.25, 0.3) is 0 Å². The predicted octanol–water partition coefficient (Wildman–Crippen LogP) is 3.02. The Morgan fingerprint density at radius 3 is 2.57 bits per heavy atom. The summed E-state index contributed by atoms with van der Waals surface area (Å²) in [5.74, 6) is 0.643. The van der Waals surface area contributed by atoms with Gasteiger partial charge in [0.1, 0.15) is 5.75 Å². The molecule has 2 N–H and O–H groups in total. The number of ether oxygens (including phenoxy) is 1. The topological polar surface area (TPSA) is 58.6 Å². The van der Waals surface area contributed by atoms with Crippen molar-refractivity contribution >= 4 is 17.5 Å². The number of halogens is 1. The Bertz CT molecular complexity index is 443. The minimum Gasteiger partial charge on any atom is -0.493 e. The number of hydrogen-bond acceptors (Lipinski definition) is 3. The van der Waals surface area contributed by atoms with E-state index in [1.165, 1.54) is 0 Å². The van der Waals surface area contributed by atoms with Crippen molar-refractivity contribution < 1.29 is 14.6 Å². The van der Waals surface area contributed by atoms with Crippen LogP contribution >= 0.6 is 11.6 Å². The molecule has 0 aliphatic heterocycles. The van der Waals surface area contributed by atoms with Crippen LogP contribution in [0.15, 0.2) is 24.3 Å². The smallest absolute Gasteiger partial charge is 0.223 e. The lowest BCUT2D eigenvalue weighted by Gasteiger charge is -2.26. The van der Waals surface area contributed by atoms with Crippen LogP contribution in [-0.2, 0) is 4.79 Å². The Labute approximate surface area is 131 Å². The Hall–Kier alpha value is -1.26. The van der Waals surface area contributed by atoms with Crippen molar-refractivity contribution in [3.8, 4) is 5.75 Å². The molecule has 0 saturated heterocycles. The molecule has 0 fully saturated rings.